The predicted octanol–water partition coefficient (Wildman–Crippen LogP) is 8.71. The van der Waals surface area contributed by atoms with Crippen LogP contribution in [0.2, 0.25) is 0 Å². The van der Waals surface area contributed by atoms with Crippen LogP contribution in [0.15, 0.2) is 59.9 Å². The molecule has 186 valence electrons. The van der Waals surface area contributed by atoms with Crippen LogP contribution in [0.3, 0.4) is 0 Å². The fraction of sp³-hybridized carbons (Fsp3) is 0.387. The fourth-order valence-corrected chi connectivity index (χ4v) is 3.63. The summed E-state index contributed by atoms with van der Waals surface area (Å²) in [5.74, 6) is 7.53. The van der Waals surface area contributed by atoms with Gasteiger partial charge in [-0.05, 0) is 61.1 Å². The maximum absolute atomic E-state index is 13.9. The molecule has 3 aromatic rings. The van der Waals surface area contributed by atoms with Gasteiger partial charge in [0.2, 0.25) is 0 Å². The van der Waals surface area contributed by atoms with Crippen molar-refractivity contribution in [3.05, 3.63) is 78.1 Å². The Morgan fingerprint density at radius 1 is 1.11 bits per heavy atom. The van der Waals surface area contributed by atoms with Gasteiger partial charge in [-0.15, -0.1) is 0 Å². The predicted molar refractivity (Wildman–Crippen MR) is 147 cm³/mol. The van der Waals surface area contributed by atoms with Gasteiger partial charge in [0.1, 0.15) is 11.6 Å². The van der Waals surface area contributed by atoms with Crippen LogP contribution in [-0.4, -0.2) is 18.1 Å². The summed E-state index contributed by atoms with van der Waals surface area (Å²) in [6.45, 7) is 18.2. The van der Waals surface area contributed by atoms with Crippen molar-refractivity contribution >= 4 is 11.4 Å². The van der Waals surface area contributed by atoms with Gasteiger partial charge in [0.25, 0.3) is 0 Å². The Kier molecular flexibility index (Phi) is 11.3. The van der Waals surface area contributed by atoms with E-state index in [0.29, 0.717) is 0 Å². The molecular weight excluding hydrogens is 435 g/mol. The number of anilines is 1. The lowest BCUT2D eigenvalue weighted by Crippen LogP contribution is -2.27. The zero-order valence-corrected chi connectivity index (χ0v) is 22.1. The van der Waals surface area contributed by atoms with Gasteiger partial charge in [-0.1, -0.05) is 65.2 Å². The monoisotopic (exact) mass is 474 g/mol. The first-order valence-corrected chi connectivity index (χ1v) is 12.5. The van der Waals surface area contributed by atoms with Crippen molar-refractivity contribution in [3.8, 4) is 23.0 Å². The Balaban J connectivity index is 0.000000456. The molecule has 0 aliphatic rings. The van der Waals surface area contributed by atoms with Crippen molar-refractivity contribution in [2.45, 2.75) is 66.7 Å². The van der Waals surface area contributed by atoms with Gasteiger partial charge in [-0.2, -0.15) is 0 Å². The summed E-state index contributed by atoms with van der Waals surface area (Å²) in [5.41, 5.74) is 5.87. The van der Waals surface area contributed by atoms with Crippen molar-refractivity contribution in [1.29, 1.82) is 0 Å². The normalized spacial score (nSPS) is 10.3. The average Bonchev–Trinajstić information content (AvgIpc) is 3.38. The molecule has 3 nitrogen and oxygen atoms in total. The van der Waals surface area contributed by atoms with Crippen LogP contribution in [0.25, 0.3) is 16.7 Å². The van der Waals surface area contributed by atoms with Crippen LogP contribution < -0.4 is 4.90 Å². The summed E-state index contributed by atoms with van der Waals surface area (Å²) in [6, 6.07) is 10.7. The molecule has 1 aromatic carbocycles. The molecule has 0 radical (unpaired) electrons. The lowest BCUT2D eigenvalue weighted by Gasteiger charge is -2.26. The van der Waals surface area contributed by atoms with Gasteiger partial charge in [0, 0.05) is 36.3 Å². The largest absolute Gasteiger partial charge is 0.472 e. The molecule has 2 aromatic heterocycles. The second kappa shape index (κ2) is 14.2. The summed E-state index contributed by atoms with van der Waals surface area (Å²) >= 11 is 0. The number of hydrogen-bond donors (Lipinski definition) is 0. The topological polar surface area (TPSA) is 29.3 Å². The number of halogens is 1. The van der Waals surface area contributed by atoms with Crippen LogP contribution in [0.4, 0.5) is 10.2 Å². The van der Waals surface area contributed by atoms with Gasteiger partial charge in [-0.3, -0.25) is 0 Å². The van der Waals surface area contributed by atoms with Crippen LogP contribution in [0.1, 0.15) is 83.5 Å². The lowest BCUT2D eigenvalue weighted by molar-refractivity contribution is 0.566. The van der Waals surface area contributed by atoms with Crippen molar-refractivity contribution in [2.75, 3.05) is 18.0 Å². The van der Waals surface area contributed by atoms with E-state index in [0.717, 1.165) is 71.7 Å². The molecule has 3 rings (SSSR count). The number of furan rings is 1. The number of rotatable bonds is 8. The molecule has 0 amide bonds. The zero-order chi connectivity index (χ0) is 25.8. The van der Waals surface area contributed by atoms with Crippen molar-refractivity contribution in [2.24, 2.45) is 0 Å². The molecular formula is C31H39FN2O. The molecule has 0 aliphatic heterocycles. The molecule has 0 spiro atoms. The van der Waals surface area contributed by atoms with E-state index in [1.165, 1.54) is 6.07 Å². The molecule has 0 unspecified atom stereocenters. The molecule has 35 heavy (non-hydrogen) atoms. The summed E-state index contributed by atoms with van der Waals surface area (Å²) in [5, 5.41) is 0. The molecule has 0 bridgehead atoms. The minimum atomic E-state index is -0.231. The van der Waals surface area contributed by atoms with Crippen LogP contribution in [0.5, 0.6) is 0 Å². The number of nitrogens with zero attached hydrogens (tertiary/aromatic N) is 2. The summed E-state index contributed by atoms with van der Waals surface area (Å²) in [6.07, 6.45) is 6.19. The van der Waals surface area contributed by atoms with E-state index < -0.39 is 0 Å². The quantitative estimate of drug-likeness (QED) is 0.306. The van der Waals surface area contributed by atoms with E-state index in [2.05, 4.69) is 57.1 Å². The fourth-order valence-electron chi connectivity index (χ4n) is 3.63. The number of pyridine rings is 1. The Bertz CT molecular complexity index is 1130. The number of hydrogen-bond acceptors (Lipinski definition) is 3. The van der Waals surface area contributed by atoms with Crippen molar-refractivity contribution in [1.82, 2.24) is 4.98 Å². The maximum atomic E-state index is 13.9. The van der Waals surface area contributed by atoms with Gasteiger partial charge in [-0.25, -0.2) is 9.37 Å². The molecule has 0 saturated heterocycles. The van der Waals surface area contributed by atoms with Gasteiger partial charge in [0.15, 0.2) is 0 Å². The highest BCUT2D eigenvalue weighted by atomic mass is 19.1. The van der Waals surface area contributed by atoms with E-state index in [9.17, 15) is 4.39 Å². The first kappa shape index (κ1) is 27.9. The summed E-state index contributed by atoms with van der Waals surface area (Å²) in [7, 11) is 0. The van der Waals surface area contributed by atoms with Gasteiger partial charge < -0.3 is 9.32 Å². The minimum Gasteiger partial charge on any atom is -0.472 e. The lowest BCUT2D eigenvalue weighted by atomic mass is 9.96. The average molecular weight is 475 g/mol. The second-order valence-electron chi connectivity index (χ2n) is 8.89. The second-order valence-corrected chi connectivity index (χ2v) is 8.89. The van der Waals surface area contributed by atoms with Crippen molar-refractivity contribution in [3.63, 3.8) is 0 Å². The Morgan fingerprint density at radius 2 is 1.83 bits per heavy atom. The molecule has 0 N–H and O–H groups in total. The molecule has 0 atom stereocenters. The third-order valence-corrected chi connectivity index (χ3v) is 5.44. The first-order chi connectivity index (χ1) is 16.8. The van der Waals surface area contributed by atoms with E-state index in [4.69, 9.17) is 9.40 Å². The minimum absolute atomic E-state index is 0.231. The van der Waals surface area contributed by atoms with E-state index in [1.807, 2.05) is 26.0 Å². The molecule has 0 saturated carbocycles. The highest BCUT2D eigenvalue weighted by molar-refractivity contribution is 5.78. The number of aromatic nitrogens is 1. The summed E-state index contributed by atoms with van der Waals surface area (Å²) < 4.78 is 18.7. The smallest absolute Gasteiger partial charge is 0.145 e. The Labute approximate surface area is 211 Å². The molecule has 4 heteroatoms. The Morgan fingerprint density at radius 3 is 2.31 bits per heavy atom. The molecule has 0 aliphatic carbocycles. The SMILES string of the molecule is C=C(C)c1ccoc1.CCC#Cc1c(-c2cccc(F)c2)cc(C(C)C)nc1N(CCC)CCC. The van der Waals surface area contributed by atoms with Crippen LogP contribution >= 0.6 is 0 Å². The number of allylic oxidation sites excluding steroid dienone is 1. The third-order valence-electron chi connectivity index (χ3n) is 5.44. The van der Waals surface area contributed by atoms with E-state index in [1.54, 1.807) is 24.7 Å². The highest BCUT2D eigenvalue weighted by Crippen LogP contribution is 2.33. The van der Waals surface area contributed by atoms with E-state index in [-0.39, 0.29) is 11.7 Å². The zero-order valence-electron chi connectivity index (χ0n) is 22.1. The van der Waals surface area contributed by atoms with Crippen LogP contribution in [0, 0.1) is 17.7 Å². The highest BCUT2D eigenvalue weighted by Gasteiger charge is 2.19. The standard InChI is InChI=1S/C24H31FN2.C7H8O/c1-6-9-13-21-22(19-11-10-12-20(25)16-19)17-23(18(4)5)26-24(21)27(14-7-2)15-8-3;1-6(2)7-3-4-8-5-7/h10-12,16-18H,6-8,14-15H2,1-5H3;3-5H,1H2,2H3. The summed E-state index contributed by atoms with van der Waals surface area (Å²) in [4.78, 5) is 7.33. The van der Waals surface area contributed by atoms with Crippen LogP contribution in [-0.2, 0) is 0 Å². The van der Waals surface area contributed by atoms with Gasteiger partial charge in [0.05, 0.1) is 18.1 Å². The maximum Gasteiger partial charge on any atom is 0.145 e. The Hall–Kier alpha value is -3.32. The number of benzene rings is 1. The molecule has 0 fully saturated rings. The van der Waals surface area contributed by atoms with Gasteiger partial charge >= 0.3 is 0 Å². The molecule has 2 heterocycles. The van der Waals surface area contributed by atoms with E-state index >= 15 is 0 Å². The van der Waals surface area contributed by atoms with Crippen molar-refractivity contribution < 1.29 is 8.81 Å². The first-order valence-electron chi connectivity index (χ1n) is 12.5. The third kappa shape index (κ3) is 8.14.